The van der Waals surface area contributed by atoms with Gasteiger partial charge in [0.05, 0.1) is 23.7 Å². The molecular formula is C20H27NO5S. The molecule has 7 heteroatoms. The molecule has 1 aromatic heterocycles. The van der Waals surface area contributed by atoms with Crippen LogP contribution < -0.4 is 5.73 Å². The lowest BCUT2D eigenvalue weighted by Crippen LogP contribution is -2.36. The van der Waals surface area contributed by atoms with E-state index in [1.807, 2.05) is 0 Å². The summed E-state index contributed by atoms with van der Waals surface area (Å²) in [5, 5.41) is 0.369. The zero-order valence-corrected chi connectivity index (χ0v) is 16.8. The molecule has 1 aromatic rings. The first-order valence-corrected chi connectivity index (χ1v) is 10.5. The molecule has 3 rings (SSSR count). The molecular weight excluding hydrogens is 366 g/mol. The molecule has 6 nitrogen and oxygen atoms in total. The third-order valence-corrected chi connectivity index (χ3v) is 6.60. The van der Waals surface area contributed by atoms with Gasteiger partial charge in [-0.2, -0.15) is 0 Å². The molecule has 148 valence electrons. The van der Waals surface area contributed by atoms with E-state index in [1.54, 1.807) is 6.92 Å². The van der Waals surface area contributed by atoms with Gasteiger partial charge in [-0.05, 0) is 50.5 Å². The Morgan fingerprint density at radius 3 is 2.67 bits per heavy atom. The third kappa shape index (κ3) is 4.18. The van der Waals surface area contributed by atoms with Gasteiger partial charge in [0.15, 0.2) is 5.78 Å². The lowest BCUT2D eigenvalue weighted by Gasteiger charge is -2.36. The summed E-state index contributed by atoms with van der Waals surface area (Å²) in [7, 11) is 0. The molecule has 1 saturated carbocycles. The number of hydrogen-bond donors (Lipinski definition) is 1. The number of hydrogen-bond acceptors (Lipinski definition) is 7. The lowest BCUT2D eigenvalue weighted by atomic mass is 9.67. The van der Waals surface area contributed by atoms with Crippen molar-refractivity contribution in [1.82, 2.24) is 0 Å². The smallest absolute Gasteiger partial charge is 0.341 e. The van der Waals surface area contributed by atoms with Crippen LogP contribution in [0.5, 0.6) is 0 Å². The fourth-order valence-electron chi connectivity index (χ4n) is 4.09. The Hall–Kier alpha value is -1.89. The monoisotopic (exact) mass is 393 g/mol. The first kappa shape index (κ1) is 19.9. The topological polar surface area (TPSA) is 95.7 Å². The summed E-state index contributed by atoms with van der Waals surface area (Å²) in [4.78, 5) is 37.4. The number of thiophene rings is 1. The number of anilines is 1. The second-order valence-corrected chi connectivity index (χ2v) is 8.62. The molecule has 2 aliphatic rings. The van der Waals surface area contributed by atoms with Crippen LogP contribution in [0.25, 0.3) is 0 Å². The van der Waals surface area contributed by atoms with Gasteiger partial charge in [0, 0.05) is 12.3 Å². The van der Waals surface area contributed by atoms with Crippen molar-refractivity contribution in [3.05, 3.63) is 16.0 Å². The Bertz CT molecular complexity index is 752. The number of rotatable bonds is 8. The van der Waals surface area contributed by atoms with Crippen molar-refractivity contribution in [2.45, 2.75) is 58.8 Å². The molecule has 0 bridgehead atoms. The van der Waals surface area contributed by atoms with Crippen LogP contribution in [-0.4, -0.2) is 30.9 Å². The first-order chi connectivity index (χ1) is 12.9. The quantitative estimate of drug-likeness (QED) is 0.533. The first-order valence-electron chi connectivity index (χ1n) is 9.64. The van der Waals surface area contributed by atoms with Gasteiger partial charge in [-0.1, -0.05) is 12.8 Å². The number of esters is 2. The number of ether oxygens (including phenoxy) is 2. The Morgan fingerprint density at radius 2 is 2.04 bits per heavy atom. The molecule has 0 spiro atoms. The zero-order chi connectivity index (χ0) is 19.6. The molecule has 2 aliphatic carbocycles. The van der Waals surface area contributed by atoms with E-state index in [0.717, 1.165) is 12.0 Å². The highest BCUT2D eigenvalue weighted by Gasteiger charge is 2.47. The van der Waals surface area contributed by atoms with E-state index in [1.165, 1.54) is 31.1 Å². The zero-order valence-electron chi connectivity index (χ0n) is 16.0. The Morgan fingerprint density at radius 1 is 1.30 bits per heavy atom. The van der Waals surface area contributed by atoms with Crippen LogP contribution in [0.3, 0.4) is 0 Å². The van der Waals surface area contributed by atoms with Crippen LogP contribution in [0.2, 0.25) is 0 Å². The maximum absolute atomic E-state index is 13.5. The second kappa shape index (κ2) is 8.00. The van der Waals surface area contributed by atoms with Crippen LogP contribution in [-0.2, 0) is 20.7 Å². The molecule has 0 aliphatic heterocycles. The van der Waals surface area contributed by atoms with E-state index < -0.39 is 11.4 Å². The lowest BCUT2D eigenvalue weighted by molar-refractivity contribution is -0.141. The molecule has 0 saturated heterocycles. The molecule has 2 N–H and O–H groups in total. The third-order valence-electron chi connectivity index (χ3n) is 5.54. The molecule has 1 fully saturated rings. The Kier molecular flexibility index (Phi) is 5.89. The number of nitrogen functional groups attached to an aromatic ring is 1. The van der Waals surface area contributed by atoms with Gasteiger partial charge in [-0.3, -0.25) is 9.59 Å². The van der Waals surface area contributed by atoms with Gasteiger partial charge < -0.3 is 15.2 Å². The standard InChI is InChI=1S/C20H27NO5S/c1-3-25-19(24)15-14-7-9-20(11-13-5-6-13,8-4-10-26-12(2)22)17(23)16(14)27-18(15)21/h13H,3-11,21H2,1-2H3. The molecule has 1 unspecified atom stereocenters. The van der Waals surface area contributed by atoms with Crippen LogP contribution in [0, 0.1) is 11.3 Å². The highest BCUT2D eigenvalue weighted by Crippen LogP contribution is 2.51. The summed E-state index contributed by atoms with van der Waals surface area (Å²) in [5.74, 6) is -0.0322. The Balaban J connectivity index is 1.83. The minimum absolute atomic E-state index is 0.103. The molecule has 1 heterocycles. The van der Waals surface area contributed by atoms with Crippen molar-refractivity contribution in [2.24, 2.45) is 11.3 Å². The van der Waals surface area contributed by atoms with Gasteiger partial charge in [-0.25, -0.2) is 4.79 Å². The van der Waals surface area contributed by atoms with Crippen LogP contribution in [0.4, 0.5) is 5.00 Å². The van der Waals surface area contributed by atoms with Gasteiger partial charge >= 0.3 is 11.9 Å². The fourth-order valence-corrected chi connectivity index (χ4v) is 5.25. The molecule has 0 radical (unpaired) electrons. The summed E-state index contributed by atoms with van der Waals surface area (Å²) >= 11 is 1.22. The van der Waals surface area contributed by atoms with E-state index in [-0.39, 0.29) is 18.4 Å². The van der Waals surface area contributed by atoms with E-state index in [4.69, 9.17) is 15.2 Å². The minimum Gasteiger partial charge on any atom is -0.466 e. The number of carbonyl (C=O) groups is 3. The normalized spacial score (nSPS) is 21.6. The van der Waals surface area contributed by atoms with Crippen LogP contribution in [0.15, 0.2) is 0 Å². The van der Waals surface area contributed by atoms with Gasteiger partial charge in [0.2, 0.25) is 0 Å². The average Bonchev–Trinajstić information content (AvgIpc) is 3.35. The highest BCUT2D eigenvalue weighted by atomic mass is 32.1. The van der Waals surface area contributed by atoms with Crippen molar-refractivity contribution in [2.75, 3.05) is 18.9 Å². The maximum atomic E-state index is 13.5. The number of carbonyl (C=O) groups excluding carboxylic acids is 3. The van der Waals surface area contributed by atoms with E-state index in [2.05, 4.69) is 0 Å². The predicted molar refractivity (Wildman–Crippen MR) is 103 cm³/mol. The molecule has 1 atom stereocenters. The van der Waals surface area contributed by atoms with Gasteiger partial charge in [-0.15, -0.1) is 11.3 Å². The summed E-state index contributed by atoms with van der Waals surface area (Å²) in [6.07, 6.45) is 5.94. The summed E-state index contributed by atoms with van der Waals surface area (Å²) < 4.78 is 10.2. The number of nitrogens with two attached hydrogens (primary N) is 1. The highest BCUT2D eigenvalue weighted by molar-refractivity contribution is 7.18. The SMILES string of the molecule is CCOC(=O)c1c(N)sc2c1CCC(CCCOC(C)=O)(CC1CC1)C2=O. The van der Waals surface area contributed by atoms with Crippen molar-refractivity contribution in [3.8, 4) is 0 Å². The van der Waals surface area contributed by atoms with E-state index in [9.17, 15) is 14.4 Å². The average molecular weight is 394 g/mol. The van der Waals surface area contributed by atoms with Crippen molar-refractivity contribution < 1.29 is 23.9 Å². The second-order valence-electron chi connectivity index (χ2n) is 7.57. The minimum atomic E-state index is -0.440. The van der Waals surface area contributed by atoms with Crippen molar-refractivity contribution in [3.63, 3.8) is 0 Å². The summed E-state index contributed by atoms with van der Waals surface area (Å²) in [6.45, 7) is 3.76. The van der Waals surface area contributed by atoms with Crippen molar-refractivity contribution >= 4 is 34.1 Å². The van der Waals surface area contributed by atoms with Crippen molar-refractivity contribution in [1.29, 1.82) is 0 Å². The molecule has 27 heavy (non-hydrogen) atoms. The van der Waals surface area contributed by atoms with Crippen LogP contribution in [0.1, 0.15) is 78.0 Å². The van der Waals surface area contributed by atoms with E-state index >= 15 is 0 Å². The Labute approximate surface area is 163 Å². The summed E-state index contributed by atoms with van der Waals surface area (Å²) in [6, 6.07) is 0. The number of fused-ring (bicyclic) bond motifs is 1. The molecule has 0 aromatic carbocycles. The van der Waals surface area contributed by atoms with E-state index in [0.29, 0.717) is 53.6 Å². The maximum Gasteiger partial charge on any atom is 0.341 e. The van der Waals surface area contributed by atoms with Crippen LogP contribution >= 0.6 is 11.3 Å². The predicted octanol–water partition coefficient (Wildman–Crippen LogP) is 3.77. The summed E-state index contributed by atoms with van der Waals surface area (Å²) in [5.41, 5.74) is 6.78. The molecule has 0 amide bonds. The fraction of sp³-hybridized carbons (Fsp3) is 0.650. The van der Waals surface area contributed by atoms with Gasteiger partial charge in [0.1, 0.15) is 5.00 Å². The number of ketones is 1. The largest absolute Gasteiger partial charge is 0.466 e. The number of Topliss-reactive ketones (excluding diaryl/α,β-unsaturated/α-hetero) is 1. The van der Waals surface area contributed by atoms with Gasteiger partial charge in [0.25, 0.3) is 0 Å².